The number of methoxy groups -OCH3 is 1. The van der Waals surface area contributed by atoms with Gasteiger partial charge in [0.25, 0.3) is 0 Å². The van der Waals surface area contributed by atoms with E-state index in [4.69, 9.17) is 4.74 Å². The Balaban J connectivity index is 1.63. The zero-order chi connectivity index (χ0) is 17.1. The molecule has 3 fully saturated rings. The maximum atomic E-state index is 12.2. The number of Topliss-reactive ketones (excluding diaryl/α,β-unsaturated/α-hetero) is 1. The zero-order valence-electron chi connectivity index (χ0n) is 15.9. The maximum Gasteiger partial charge on any atom is 0.133 e. The van der Waals surface area contributed by atoms with Crippen LogP contribution in [0.1, 0.15) is 72.1 Å². The Morgan fingerprint density at radius 2 is 1.92 bits per heavy atom. The van der Waals surface area contributed by atoms with Crippen LogP contribution in [0.5, 0.6) is 0 Å². The number of fused-ring (bicyclic) bond motifs is 5. The largest absolute Gasteiger partial charge is 0.381 e. The van der Waals surface area contributed by atoms with Gasteiger partial charge in [0.2, 0.25) is 0 Å². The van der Waals surface area contributed by atoms with Gasteiger partial charge in [0.05, 0.1) is 6.10 Å². The van der Waals surface area contributed by atoms with Gasteiger partial charge < -0.3 is 4.74 Å². The monoisotopic (exact) mass is 330 g/mol. The van der Waals surface area contributed by atoms with Gasteiger partial charge in [0.15, 0.2) is 0 Å². The van der Waals surface area contributed by atoms with Gasteiger partial charge in [-0.25, -0.2) is 0 Å². The molecule has 4 aliphatic carbocycles. The van der Waals surface area contributed by atoms with E-state index in [1.165, 1.54) is 38.5 Å². The number of allylic oxidation sites excluding steroid dienone is 1. The van der Waals surface area contributed by atoms with Crippen LogP contribution in [0.3, 0.4) is 0 Å². The molecule has 0 saturated heterocycles. The van der Waals surface area contributed by atoms with E-state index in [0.29, 0.717) is 23.2 Å². The first-order chi connectivity index (χ1) is 11.4. The summed E-state index contributed by atoms with van der Waals surface area (Å²) in [5.41, 5.74) is 2.36. The zero-order valence-corrected chi connectivity index (χ0v) is 15.9. The fourth-order valence-corrected chi connectivity index (χ4v) is 7.50. The molecular weight excluding hydrogens is 296 g/mol. The maximum absolute atomic E-state index is 12.2. The predicted octanol–water partition coefficient (Wildman–Crippen LogP) is 5.17. The average molecular weight is 331 g/mol. The molecule has 3 saturated carbocycles. The fourth-order valence-electron chi connectivity index (χ4n) is 7.50. The van der Waals surface area contributed by atoms with E-state index in [1.54, 1.807) is 5.57 Å². The molecule has 4 aliphatic rings. The Morgan fingerprint density at radius 3 is 2.62 bits per heavy atom. The second-order valence-electron chi connectivity index (χ2n) is 9.64. The van der Waals surface area contributed by atoms with E-state index in [9.17, 15) is 4.79 Å². The van der Waals surface area contributed by atoms with Gasteiger partial charge in [0, 0.05) is 13.0 Å². The molecule has 24 heavy (non-hydrogen) atoms. The summed E-state index contributed by atoms with van der Waals surface area (Å²) in [5.74, 6) is 3.17. The number of ether oxygens (including phenoxy) is 1. The second-order valence-corrected chi connectivity index (χ2v) is 9.64. The molecule has 4 rings (SSSR count). The van der Waals surface area contributed by atoms with Crippen molar-refractivity contribution in [2.75, 3.05) is 7.11 Å². The molecule has 0 aromatic rings. The highest BCUT2D eigenvalue weighted by Crippen LogP contribution is 2.66. The SMILES string of the molecule is COC1CC[C@@]2(C)C(=CCC3C4CC[C@H](C(C)=O)C4(C)CCC32)C1. The Hall–Kier alpha value is -0.630. The minimum absolute atomic E-state index is 0.276. The summed E-state index contributed by atoms with van der Waals surface area (Å²) in [6.45, 7) is 6.81. The van der Waals surface area contributed by atoms with E-state index in [-0.39, 0.29) is 5.41 Å². The topological polar surface area (TPSA) is 26.3 Å². The predicted molar refractivity (Wildman–Crippen MR) is 96.7 cm³/mol. The first-order valence-electron chi connectivity index (χ1n) is 10.1. The van der Waals surface area contributed by atoms with Crippen LogP contribution >= 0.6 is 0 Å². The van der Waals surface area contributed by atoms with Crippen LogP contribution in [0.25, 0.3) is 0 Å². The van der Waals surface area contributed by atoms with Crippen molar-refractivity contribution in [3.63, 3.8) is 0 Å². The van der Waals surface area contributed by atoms with Gasteiger partial charge in [-0.1, -0.05) is 25.5 Å². The molecule has 0 radical (unpaired) electrons. The third-order valence-electron chi connectivity index (χ3n) is 8.88. The van der Waals surface area contributed by atoms with Crippen molar-refractivity contribution in [2.45, 2.75) is 78.2 Å². The molecule has 0 amide bonds. The van der Waals surface area contributed by atoms with Crippen molar-refractivity contribution in [3.05, 3.63) is 11.6 Å². The van der Waals surface area contributed by atoms with Crippen molar-refractivity contribution in [1.82, 2.24) is 0 Å². The van der Waals surface area contributed by atoms with Crippen LogP contribution in [0.2, 0.25) is 0 Å². The highest BCUT2D eigenvalue weighted by molar-refractivity contribution is 5.79. The Bertz CT molecular complexity index is 564. The quantitative estimate of drug-likeness (QED) is 0.653. The molecule has 2 nitrogen and oxygen atoms in total. The number of hydrogen-bond acceptors (Lipinski definition) is 2. The van der Waals surface area contributed by atoms with Crippen molar-refractivity contribution < 1.29 is 9.53 Å². The lowest BCUT2D eigenvalue weighted by atomic mass is 9.47. The van der Waals surface area contributed by atoms with Crippen molar-refractivity contribution >= 4 is 5.78 Å². The summed E-state index contributed by atoms with van der Waals surface area (Å²) >= 11 is 0. The van der Waals surface area contributed by atoms with E-state index >= 15 is 0 Å². The van der Waals surface area contributed by atoms with E-state index in [2.05, 4.69) is 19.9 Å². The molecular formula is C22H34O2. The summed E-state index contributed by atoms with van der Waals surface area (Å²) in [7, 11) is 1.87. The normalized spacial score (nSPS) is 50.5. The number of ketones is 1. The van der Waals surface area contributed by atoms with Gasteiger partial charge >= 0.3 is 0 Å². The van der Waals surface area contributed by atoms with Crippen molar-refractivity contribution in [2.24, 2.45) is 34.5 Å². The van der Waals surface area contributed by atoms with E-state index < -0.39 is 0 Å². The van der Waals surface area contributed by atoms with Gasteiger partial charge in [0.1, 0.15) is 5.78 Å². The first kappa shape index (κ1) is 16.8. The minimum Gasteiger partial charge on any atom is -0.381 e. The van der Waals surface area contributed by atoms with Crippen LogP contribution in [-0.2, 0) is 9.53 Å². The van der Waals surface area contributed by atoms with Crippen LogP contribution in [0.15, 0.2) is 11.6 Å². The van der Waals surface area contributed by atoms with Gasteiger partial charge in [-0.15, -0.1) is 0 Å². The standard InChI is InChI=1S/C22H34O2/c1-14(23)18-7-8-19-17-6-5-15-13-16(24-4)9-11-21(15,2)20(17)10-12-22(18,19)3/h5,16-20H,6-13H2,1-4H3/t16?,17?,18-,19?,20?,21+,22?/m1/s1. The number of carbonyl (C=O) groups is 1. The second kappa shape index (κ2) is 5.69. The summed E-state index contributed by atoms with van der Waals surface area (Å²) in [6, 6.07) is 0. The molecule has 7 atom stereocenters. The molecule has 0 N–H and O–H groups in total. The number of rotatable bonds is 2. The van der Waals surface area contributed by atoms with Gasteiger partial charge in [-0.05, 0) is 86.9 Å². The molecule has 0 aromatic carbocycles. The lowest BCUT2D eigenvalue weighted by Gasteiger charge is -2.58. The van der Waals surface area contributed by atoms with E-state index in [0.717, 1.165) is 30.6 Å². The molecule has 0 aromatic heterocycles. The van der Waals surface area contributed by atoms with Crippen LogP contribution < -0.4 is 0 Å². The molecule has 134 valence electrons. The van der Waals surface area contributed by atoms with Crippen LogP contribution in [-0.4, -0.2) is 19.0 Å². The molecule has 0 bridgehead atoms. The van der Waals surface area contributed by atoms with Crippen molar-refractivity contribution in [3.8, 4) is 0 Å². The lowest BCUT2D eigenvalue weighted by Crippen LogP contribution is -2.51. The molecule has 2 heteroatoms. The molecule has 0 spiro atoms. The smallest absolute Gasteiger partial charge is 0.133 e. The highest BCUT2D eigenvalue weighted by Gasteiger charge is 2.59. The fraction of sp³-hybridized carbons (Fsp3) is 0.864. The van der Waals surface area contributed by atoms with Gasteiger partial charge in [-0.2, -0.15) is 0 Å². The van der Waals surface area contributed by atoms with Crippen LogP contribution in [0.4, 0.5) is 0 Å². The highest BCUT2D eigenvalue weighted by atomic mass is 16.5. The Kier molecular flexibility index (Phi) is 3.99. The number of hydrogen-bond donors (Lipinski definition) is 0. The summed E-state index contributed by atoms with van der Waals surface area (Å²) in [6.07, 6.45) is 12.9. The average Bonchev–Trinajstić information content (AvgIpc) is 2.91. The minimum atomic E-state index is 0.276. The van der Waals surface area contributed by atoms with Crippen LogP contribution in [0, 0.1) is 34.5 Å². The van der Waals surface area contributed by atoms with Crippen molar-refractivity contribution in [1.29, 1.82) is 0 Å². The Morgan fingerprint density at radius 1 is 1.12 bits per heavy atom. The molecule has 0 heterocycles. The Labute approximate surface area is 147 Å². The third-order valence-corrected chi connectivity index (χ3v) is 8.88. The van der Waals surface area contributed by atoms with E-state index in [1.807, 2.05) is 14.0 Å². The first-order valence-corrected chi connectivity index (χ1v) is 10.1. The lowest BCUT2D eigenvalue weighted by molar-refractivity contribution is -0.127. The molecule has 0 aliphatic heterocycles. The number of carbonyl (C=O) groups excluding carboxylic acids is 1. The summed E-state index contributed by atoms with van der Waals surface area (Å²) in [5, 5.41) is 0. The summed E-state index contributed by atoms with van der Waals surface area (Å²) < 4.78 is 5.67. The molecule has 5 unspecified atom stereocenters. The third kappa shape index (κ3) is 2.21. The summed E-state index contributed by atoms with van der Waals surface area (Å²) in [4.78, 5) is 12.2. The van der Waals surface area contributed by atoms with Gasteiger partial charge in [-0.3, -0.25) is 4.79 Å².